The van der Waals surface area contributed by atoms with Crippen LogP contribution in [0.1, 0.15) is 5.56 Å². The van der Waals surface area contributed by atoms with Crippen LogP contribution in [0.25, 0.3) is 0 Å². The molecule has 1 rings (SSSR count). The van der Waals surface area contributed by atoms with Crippen LogP contribution in [-0.4, -0.2) is 35.6 Å². The van der Waals surface area contributed by atoms with Crippen molar-refractivity contribution in [3.63, 3.8) is 0 Å². The Labute approximate surface area is 138 Å². The van der Waals surface area contributed by atoms with Crippen molar-refractivity contribution in [2.75, 3.05) is 13.7 Å². The van der Waals surface area contributed by atoms with E-state index in [2.05, 4.69) is 48.9 Å². The van der Waals surface area contributed by atoms with Gasteiger partial charge in [-0.15, -0.1) is 6.58 Å². The van der Waals surface area contributed by atoms with Gasteiger partial charge in [0.05, 0.1) is 11.6 Å². The van der Waals surface area contributed by atoms with E-state index < -0.39 is 5.91 Å². The van der Waals surface area contributed by atoms with Gasteiger partial charge in [-0.2, -0.15) is 0 Å². The van der Waals surface area contributed by atoms with Gasteiger partial charge in [0.1, 0.15) is 15.9 Å². The molecule has 1 amide bonds. The van der Waals surface area contributed by atoms with Crippen LogP contribution in [0.3, 0.4) is 0 Å². The molecule has 1 aromatic rings. The number of nitrogens with one attached hydrogen (secondary N) is 1. The predicted octanol–water partition coefficient (Wildman–Crippen LogP) is 2.60. The van der Waals surface area contributed by atoms with Gasteiger partial charge in [0, 0.05) is 18.5 Å². The fraction of sp³-hybridized carbons (Fsp3) is 0.231. The van der Waals surface area contributed by atoms with Gasteiger partial charge in [-0.3, -0.25) is 4.79 Å². The molecule has 21 heavy (non-hydrogen) atoms. The van der Waals surface area contributed by atoms with E-state index in [-0.39, 0.29) is 24.4 Å². The number of hydrogen-bond donors (Lipinski definition) is 3. The van der Waals surface area contributed by atoms with E-state index in [1.54, 1.807) is 6.07 Å². The fourth-order valence-corrected chi connectivity index (χ4v) is 3.10. The third-order valence-corrected chi connectivity index (χ3v) is 3.91. The second kappa shape index (κ2) is 8.04. The van der Waals surface area contributed by atoms with Crippen LogP contribution < -0.4 is 10.1 Å². The first-order chi connectivity index (χ1) is 9.96. The second-order valence-corrected chi connectivity index (χ2v) is 5.58. The lowest BCUT2D eigenvalue weighted by molar-refractivity contribution is -0.114. The first-order valence-electron chi connectivity index (χ1n) is 5.80. The van der Waals surface area contributed by atoms with Crippen molar-refractivity contribution in [1.82, 2.24) is 5.32 Å². The topological polar surface area (TPSA) is 91.2 Å². The summed E-state index contributed by atoms with van der Waals surface area (Å²) in [4.78, 5) is 11.8. The van der Waals surface area contributed by atoms with Crippen LogP contribution in [0.15, 0.2) is 32.8 Å². The standard InChI is InChI=1S/C13H14Br2N2O4/c1-3-4-16-13(19)9(17-20)6-7-5-8(14)12(21-2)10(15)11(7)18/h3,5,18,20H,1,4,6H2,2H3,(H,16,19). The molecule has 0 aliphatic rings. The van der Waals surface area contributed by atoms with Crippen molar-refractivity contribution >= 4 is 43.5 Å². The number of benzene rings is 1. The first-order valence-corrected chi connectivity index (χ1v) is 7.38. The Morgan fingerprint density at radius 2 is 2.24 bits per heavy atom. The van der Waals surface area contributed by atoms with Crippen LogP contribution in [0.2, 0.25) is 0 Å². The maximum absolute atomic E-state index is 11.8. The van der Waals surface area contributed by atoms with Gasteiger partial charge in [0.2, 0.25) is 0 Å². The maximum atomic E-state index is 11.8. The monoisotopic (exact) mass is 420 g/mol. The van der Waals surface area contributed by atoms with Gasteiger partial charge in [-0.25, -0.2) is 0 Å². The van der Waals surface area contributed by atoms with Crippen LogP contribution in [0.4, 0.5) is 0 Å². The minimum Gasteiger partial charge on any atom is -0.506 e. The lowest BCUT2D eigenvalue weighted by Crippen LogP contribution is -2.32. The highest BCUT2D eigenvalue weighted by Gasteiger charge is 2.19. The number of amides is 1. The third kappa shape index (κ3) is 4.21. The molecule has 8 heteroatoms. The number of nitrogens with zero attached hydrogens (tertiary/aromatic N) is 1. The zero-order valence-corrected chi connectivity index (χ0v) is 14.4. The Hall–Kier alpha value is -1.54. The van der Waals surface area contributed by atoms with Crippen molar-refractivity contribution in [2.45, 2.75) is 6.42 Å². The van der Waals surface area contributed by atoms with Gasteiger partial charge in [0.15, 0.2) is 5.75 Å². The number of ether oxygens (including phenoxy) is 1. The third-order valence-electron chi connectivity index (χ3n) is 2.58. The molecule has 3 N–H and O–H groups in total. The Morgan fingerprint density at radius 1 is 1.57 bits per heavy atom. The summed E-state index contributed by atoms with van der Waals surface area (Å²) in [6.45, 7) is 3.72. The number of rotatable bonds is 6. The van der Waals surface area contributed by atoms with Gasteiger partial charge < -0.3 is 20.4 Å². The molecule has 0 bridgehead atoms. The molecule has 0 radical (unpaired) electrons. The molecule has 0 unspecified atom stereocenters. The summed E-state index contributed by atoms with van der Waals surface area (Å²) in [6, 6.07) is 1.59. The first kappa shape index (κ1) is 17.5. The zero-order valence-electron chi connectivity index (χ0n) is 11.2. The number of phenolic OH excluding ortho intramolecular Hbond substituents is 1. The number of hydrogen-bond acceptors (Lipinski definition) is 5. The molecule has 1 aromatic carbocycles. The zero-order chi connectivity index (χ0) is 16.0. The van der Waals surface area contributed by atoms with Gasteiger partial charge in [-0.05, 0) is 37.9 Å². The molecule has 0 saturated heterocycles. The van der Waals surface area contributed by atoms with E-state index in [1.807, 2.05) is 0 Å². The average molecular weight is 422 g/mol. The average Bonchev–Trinajstić information content (AvgIpc) is 2.47. The summed E-state index contributed by atoms with van der Waals surface area (Å²) in [5.41, 5.74) is 0.271. The number of carbonyl (C=O) groups is 1. The molecule has 0 aliphatic carbocycles. The second-order valence-electron chi connectivity index (χ2n) is 3.94. The molecule has 6 nitrogen and oxygen atoms in total. The molecular formula is C13H14Br2N2O4. The Kier molecular flexibility index (Phi) is 6.70. The highest BCUT2D eigenvalue weighted by Crippen LogP contribution is 2.42. The summed E-state index contributed by atoms with van der Waals surface area (Å²) < 4.78 is 6.06. The maximum Gasteiger partial charge on any atom is 0.269 e. The number of carbonyl (C=O) groups excluding carboxylic acids is 1. The van der Waals surface area contributed by atoms with Gasteiger partial charge in [-0.1, -0.05) is 11.2 Å². The van der Waals surface area contributed by atoms with Gasteiger partial charge in [0.25, 0.3) is 5.91 Å². The number of halogens is 2. The molecule has 0 aromatic heterocycles. The van der Waals surface area contributed by atoms with E-state index in [9.17, 15) is 9.90 Å². The molecule has 0 aliphatic heterocycles. The molecular weight excluding hydrogens is 408 g/mol. The predicted molar refractivity (Wildman–Crippen MR) is 86.2 cm³/mol. The summed E-state index contributed by atoms with van der Waals surface area (Å²) >= 11 is 6.51. The van der Waals surface area contributed by atoms with Crippen LogP contribution in [0.5, 0.6) is 11.5 Å². The molecule has 0 heterocycles. The molecule has 0 spiro atoms. The van der Waals surface area contributed by atoms with Crippen molar-refractivity contribution in [1.29, 1.82) is 0 Å². The van der Waals surface area contributed by atoms with Crippen molar-refractivity contribution in [2.24, 2.45) is 5.16 Å². The van der Waals surface area contributed by atoms with E-state index >= 15 is 0 Å². The SMILES string of the molecule is C=CCNC(=O)C(Cc1cc(Br)c(OC)c(Br)c1O)=NO. The smallest absolute Gasteiger partial charge is 0.269 e. The molecule has 0 fully saturated rings. The minimum atomic E-state index is -0.542. The number of methoxy groups -OCH3 is 1. The number of oxime groups is 1. The van der Waals surface area contributed by atoms with E-state index in [0.29, 0.717) is 20.3 Å². The normalized spacial score (nSPS) is 11.1. The largest absolute Gasteiger partial charge is 0.506 e. The fourth-order valence-electron chi connectivity index (χ4n) is 1.57. The van der Waals surface area contributed by atoms with Crippen molar-refractivity contribution in [3.05, 3.63) is 33.2 Å². The summed E-state index contributed by atoms with van der Waals surface area (Å²) in [5, 5.41) is 24.5. The Morgan fingerprint density at radius 3 is 2.76 bits per heavy atom. The lowest BCUT2D eigenvalue weighted by atomic mass is 10.1. The number of aromatic hydroxyl groups is 1. The van der Waals surface area contributed by atoms with Crippen molar-refractivity contribution in [3.8, 4) is 11.5 Å². The summed E-state index contributed by atoms with van der Waals surface area (Å²) in [5.74, 6) is -0.206. The van der Waals surface area contributed by atoms with E-state index in [1.165, 1.54) is 13.2 Å². The van der Waals surface area contributed by atoms with Crippen molar-refractivity contribution < 1.29 is 19.8 Å². The summed E-state index contributed by atoms with van der Waals surface area (Å²) in [7, 11) is 1.47. The highest BCUT2D eigenvalue weighted by molar-refractivity contribution is 9.11. The quantitative estimate of drug-likeness (QED) is 0.285. The number of phenols is 1. The lowest BCUT2D eigenvalue weighted by Gasteiger charge is -2.12. The van der Waals surface area contributed by atoms with Crippen LogP contribution in [0, 0.1) is 0 Å². The minimum absolute atomic E-state index is 0.0491. The molecule has 114 valence electrons. The molecule has 0 saturated carbocycles. The Bertz CT molecular complexity index is 588. The summed E-state index contributed by atoms with van der Waals surface area (Å²) in [6.07, 6.45) is 1.46. The Balaban J connectivity index is 3.07. The van der Waals surface area contributed by atoms with E-state index in [0.717, 1.165) is 0 Å². The van der Waals surface area contributed by atoms with Gasteiger partial charge >= 0.3 is 0 Å². The highest BCUT2D eigenvalue weighted by atomic mass is 79.9. The molecule has 0 atom stereocenters. The van der Waals surface area contributed by atoms with Crippen LogP contribution >= 0.6 is 31.9 Å². The van der Waals surface area contributed by atoms with E-state index in [4.69, 9.17) is 9.94 Å². The van der Waals surface area contributed by atoms with Crippen LogP contribution in [-0.2, 0) is 11.2 Å².